The van der Waals surface area contributed by atoms with Crippen LogP contribution in [-0.2, 0) is 11.2 Å². The maximum absolute atomic E-state index is 12.2. The Hall–Kier alpha value is -3.46. The smallest absolute Gasteiger partial charge is 0.244 e. The summed E-state index contributed by atoms with van der Waals surface area (Å²) in [6.45, 7) is 0. The van der Waals surface area contributed by atoms with Gasteiger partial charge in [0.05, 0.1) is 12.1 Å². The molecule has 3 heteroatoms. The third kappa shape index (κ3) is 5.28. The predicted molar refractivity (Wildman–Crippen MR) is 107 cm³/mol. The average Bonchev–Trinajstić information content (AvgIpc) is 2.70. The van der Waals surface area contributed by atoms with Crippen molar-refractivity contribution in [3.63, 3.8) is 0 Å². The SMILES string of the molecule is O=C(Cc1ccccc1)NN=C(/C=C/c1ccccc1)c1ccccc1. The Bertz CT molecular complexity index is 885. The van der Waals surface area contributed by atoms with Crippen LogP contribution in [0.2, 0.25) is 0 Å². The second-order valence-electron chi connectivity index (χ2n) is 5.80. The van der Waals surface area contributed by atoms with Gasteiger partial charge in [-0.25, -0.2) is 5.43 Å². The first-order chi connectivity index (χ1) is 12.8. The topological polar surface area (TPSA) is 41.5 Å². The Labute approximate surface area is 153 Å². The van der Waals surface area contributed by atoms with Gasteiger partial charge in [0.15, 0.2) is 0 Å². The molecule has 3 rings (SSSR count). The Balaban J connectivity index is 1.75. The molecule has 3 nitrogen and oxygen atoms in total. The molecule has 0 heterocycles. The van der Waals surface area contributed by atoms with Gasteiger partial charge in [0.25, 0.3) is 0 Å². The van der Waals surface area contributed by atoms with E-state index in [0.717, 1.165) is 16.7 Å². The van der Waals surface area contributed by atoms with Crippen molar-refractivity contribution >= 4 is 17.7 Å². The molecule has 1 N–H and O–H groups in total. The molecular weight excluding hydrogens is 320 g/mol. The van der Waals surface area contributed by atoms with Gasteiger partial charge in [-0.15, -0.1) is 0 Å². The van der Waals surface area contributed by atoms with Crippen LogP contribution < -0.4 is 5.43 Å². The van der Waals surface area contributed by atoms with Crippen molar-refractivity contribution in [3.8, 4) is 0 Å². The van der Waals surface area contributed by atoms with Gasteiger partial charge in [-0.05, 0) is 17.2 Å². The summed E-state index contributed by atoms with van der Waals surface area (Å²) in [5.74, 6) is -0.141. The van der Waals surface area contributed by atoms with E-state index in [1.165, 1.54) is 0 Å². The fourth-order valence-electron chi connectivity index (χ4n) is 2.49. The number of carbonyl (C=O) groups is 1. The van der Waals surface area contributed by atoms with E-state index in [1.54, 1.807) is 0 Å². The lowest BCUT2D eigenvalue weighted by Gasteiger charge is -2.04. The Morgan fingerprint density at radius 2 is 1.38 bits per heavy atom. The van der Waals surface area contributed by atoms with E-state index < -0.39 is 0 Å². The minimum Gasteiger partial charge on any atom is -0.273 e. The minimum atomic E-state index is -0.141. The van der Waals surface area contributed by atoms with Crippen LogP contribution in [0.5, 0.6) is 0 Å². The molecule has 3 aromatic carbocycles. The molecule has 0 fully saturated rings. The standard InChI is InChI=1S/C23H20N2O/c26-23(18-20-12-6-2-7-13-20)25-24-22(21-14-8-3-9-15-21)17-16-19-10-4-1-5-11-19/h1-17H,18H2,(H,25,26)/b17-16+,24-22?. The van der Waals surface area contributed by atoms with E-state index in [0.29, 0.717) is 12.1 Å². The number of hydrogen-bond acceptors (Lipinski definition) is 2. The highest BCUT2D eigenvalue weighted by atomic mass is 16.2. The van der Waals surface area contributed by atoms with E-state index in [2.05, 4.69) is 10.5 Å². The number of carbonyl (C=O) groups excluding carboxylic acids is 1. The number of amides is 1. The third-order valence-electron chi connectivity index (χ3n) is 3.81. The molecule has 0 aromatic heterocycles. The van der Waals surface area contributed by atoms with Crippen LogP contribution in [0.15, 0.2) is 102 Å². The van der Waals surface area contributed by atoms with Gasteiger partial charge in [0, 0.05) is 5.56 Å². The molecule has 128 valence electrons. The summed E-state index contributed by atoms with van der Waals surface area (Å²) >= 11 is 0. The molecule has 0 spiro atoms. The van der Waals surface area contributed by atoms with Gasteiger partial charge in [-0.2, -0.15) is 5.10 Å². The number of hydrogen-bond donors (Lipinski definition) is 1. The molecule has 0 aliphatic carbocycles. The summed E-state index contributed by atoms with van der Waals surface area (Å²) in [6.07, 6.45) is 4.19. The normalized spacial score (nSPS) is 11.5. The van der Waals surface area contributed by atoms with Crippen LogP contribution >= 0.6 is 0 Å². The van der Waals surface area contributed by atoms with Crippen molar-refractivity contribution in [1.82, 2.24) is 5.43 Å². The van der Waals surface area contributed by atoms with E-state index in [1.807, 2.05) is 103 Å². The third-order valence-corrected chi connectivity index (χ3v) is 3.81. The van der Waals surface area contributed by atoms with Crippen molar-refractivity contribution in [2.75, 3.05) is 0 Å². The van der Waals surface area contributed by atoms with Crippen molar-refractivity contribution < 1.29 is 4.79 Å². The van der Waals surface area contributed by atoms with E-state index in [9.17, 15) is 4.79 Å². The molecule has 0 aliphatic rings. The molecule has 0 unspecified atom stereocenters. The van der Waals surface area contributed by atoms with Crippen LogP contribution in [0.1, 0.15) is 16.7 Å². The minimum absolute atomic E-state index is 0.141. The summed E-state index contributed by atoms with van der Waals surface area (Å²) < 4.78 is 0. The Morgan fingerprint density at radius 1 is 0.808 bits per heavy atom. The highest BCUT2D eigenvalue weighted by Crippen LogP contribution is 2.07. The largest absolute Gasteiger partial charge is 0.273 e. The number of benzene rings is 3. The number of nitrogens with zero attached hydrogens (tertiary/aromatic N) is 1. The lowest BCUT2D eigenvalue weighted by molar-refractivity contribution is -0.120. The highest BCUT2D eigenvalue weighted by molar-refractivity contribution is 6.11. The number of nitrogens with one attached hydrogen (secondary N) is 1. The lowest BCUT2D eigenvalue weighted by atomic mass is 10.1. The van der Waals surface area contributed by atoms with Gasteiger partial charge in [0.2, 0.25) is 5.91 Å². The Morgan fingerprint density at radius 3 is 2.04 bits per heavy atom. The lowest BCUT2D eigenvalue weighted by Crippen LogP contribution is -2.21. The monoisotopic (exact) mass is 340 g/mol. The molecule has 0 bridgehead atoms. The van der Waals surface area contributed by atoms with Crippen molar-refractivity contribution in [3.05, 3.63) is 114 Å². The van der Waals surface area contributed by atoms with Gasteiger partial charge < -0.3 is 0 Å². The quantitative estimate of drug-likeness (QED) is 0.522. The molecule has 0 saturated heterocycles. The summed E-state index contributed by atoms with van der Waals surface area (Å²) in [5.41, 5.74) is 6.35. The van der Waals surface area contributed by atoms with Crippen molar-refractivity contribution in [2.45, 2.75) is 6.42 Å². The van der Waals surface area contributed by atoms with E-state index in [4.69, 9.17) is 0 Å². The fraction of sp³-hybridized carbons (Fsp3) is 0.0435. The van der Waals surface area contributed by atoms with Crippen LogP contribution in [-0.4, -0.2) is 11.6 Å². The van der Waals surface area contributed by atoms with Crippen molar-refractivity contribution in [1.29, 1.82) is 0 Å². The first kappa shape index (κ1) is 17.4. The van der Waals surface area contributed by atoms with Crippen LogP contribution in [0.25, 0.3) is 6.08 Å². The first-order valence-corrected chi connectivity index (χ1v) is 8.50. The van der Waals surface area contributed by atoms with Crippen LogP contribution in [0.3, 0.4) is 0 Å². The molecule has 0 atom stereocenters. The van der Waals surface area contributed by atoms with Gasteiger partial charge in [-0.1, -0.05) is 97.1 Å². The highest BCUT2D eigenvalue weighted by Gasteiger charge is 2.04. The second kappa shape index (κ2) is 9.14. The zero-order valence-electron chi connectivity index (χ0n) is 14.4. The number of rotatable bonds is 6. The van der Waals surface area contributed by atoms with Crippen LogP contribution in [0, 0.1) is 0 Å². The summed E-state index contributed by atoms with van der Waals surface area (Å²) in [5, 5.41) is 4.34. The molecule has 26 heavy (non-hydrogen) atoms. The molecule has 1 amide bonds. The maximum Gasteiger partial charge on any atom is 0.244 e. The number of allylic oxidation sites excluding steroid dienone is 1. The van der Waals surface area contributed by atoms with Crippen LogP contribution in [0.4, 0.5) is 0 Å². The Kier molecular flexibility index (Phi) is 6.10. The van der Waals surface area contributed by atoms with E-state index >= 15 is 0 Å². The van der Waals surface area contributed by atoms with Gasteiger partial charge in [-0.3, -0.25) is 4.79 Å². The van der Waals surface area contributed by atoms with Gasteiger partial charge >= 0.3 is 0 Å². The zero-order valence-corrected chi connectivity index (χ0v) is 14.4. The second-order valence-corrected chi connectivity index (χ2v) is 5.80. The molecule has 0 aliphatic heterocycles. The zero-order chi connectivity index (χ0) is 18.0. The van der Waals surface area contributed by atoms with Crippen molar-refractivity contribution in [2.24, 2.45) is 5.10 Å². The predicted octanol–water partition coefficient (Wildman–Crippen LogP) is 4.46. The first-order valence-electron chi connectivity index (χ1n) is 8.50. The fourth-order valence-corrected chi connectivity index (χ4v) is 2.49. The van der Waals surface area contributed by atoms with Gasteiger partial charge in [0.1, 0.15) is 0 Å². The summed E-state index contributed by atoms with van der Waals surface area (Å²) in [6, 6.07) is 29.4. The van der Waals surface area contributed by atoms with E-state index in [-0.39, 0.29) is 5.91 Å². The molecular formula is C23H20N2O. The summed E-state index contributed by atoms with van der Waals surface area (Å²) in [4.78, 5) is 12.2. The summed E-state index contributed by atoms with van der Waals surface area (Å²) in [7, 11) is 0. The molecule has 3 aromatic rings. The number of hydrazone groups is 1. The molecule has 0 saturated carbocycles. The molecule has 0 radical (unpaired) electrons. The maximum atomic E-state index is 12.2. The average molecular weight is 340 g/mol.